The van der Waals surface area contributed by atoms with Crippen molar-refractivity contribution in [3.63, 3.8) is 0 Å². The predicted molar refractivity (Wildman–Crippen MR) is 86.5 cm³/mol. The summed E-state index contributed by atoms with van der Waals surface area (Å²) >= 11 is 0. The van der Waals surface area contributed by atoms with Crippen LogP contribution in [-0.2, 0) is 18.4 Å². The fraction of sp³-hybridized carbons (Fsp3) is 0.714. The highest BCUT2D eigenvalue weighted by Gasteiger charge is 2.19. The highest BCUT2D eigenvalue weighted by Crippen LogP contribution is 2.08. The van der Waals surface area contributed by atoms with Crippen molar-refractivity contribution >= 4 is 28.6 Å². The molecule has 0 N–H and O–H groups in total. The van der Waals surface area contributed by atoms with Gasteiger partial charge in [0.05, 0.1) is 0 Å². The summed E-state index contributed by atoms with van der Waals surface area (Å²) in [7, 11) is -3.53. The van der Waals surface area contributed by atoms with Crippen molar-refractivity contribution in [2.24, 2.45) is 0 Å². The van der Waals surface area contributed by atoms with Crippen LogP contribution in [0.5, 0.6) is 0 Å². The Bertz CT molecular complexity index is 317. The molecule has 0 aliphatic carbocycles. The lowest BCUT2D eigenvalue weighted by Gasteiger charge is -2.17. The molecule has 0 saturated heterocycles. The van der Waals surface area contributed by atoms with Crippen LogP contribution < -0.4 is 0 Å². The second kappa shape index (κ2) is 8.41. The molecule has 116 valence electrons. The average Bonchev–Trinajstić information content (AvgIpc) is 2.17. The third-order valence-corrected chi connectivity index (χ3v) is 3.72. The molecule has 0 aliphatic rings. The molecule has 0 saturated carbocycles. The van der Waals surface area contributed by atoms with E-state index in [2.05, 4.69) is 0 Å². The quantitative estimate of drug-likeness (QED) is 0.504. The van der Waals surface area contributed by atoms with Crippen molar-refractivity contribution in [3.05, 3.63) is 12.2 Å². The number of hydrogen-bond acceptors (Lipinski definition) is 4. The van der Waals surface area contributed by atoms with Gasteiger partial charge in [0.25, 0.3) is 11.9 Å². The highest BCUT2D eigenvalue weighted by molar-refractivity contribution is 6.71. The monoisotopic (exact) mass is 316 g/mol. The number of carbonyl (C=O) groups is 2. The lowest BCUT2D eigenvalue weighted by atomic mass is 10.2. The number of hydrogen-bond donors (Lipinski definition) is 0. The second-order valence-electron chi connectivity index (χ2n) is 6.72. The first-order valence-corrected chi connectivity index (χ1v) is 13.9. The Morgan fingerprint density at radius 1 is 0.750 bits per heavy atom. The van der Waals surface area contributed by atoms with Gasteiger partial charge in [-0.25, -0.2) is 0 Å². The summed E-state index contributed by atoms with van der Waals surface area (Å²) in [5.41, 5.74) is 0. The smallest absolute Gasteiger partial charge is 0.292 e. The van der Waals surface area contributed by atoms with Crippen molar-refractivity contribution in [1.29, 1.82) is 0 Å². The first-order valence-electron chi connectivity index (χ1n) is 7.08. The minimum atomic E-state index is -1.76. The van der Waals surface area contributed by atoms with Gasteiger partial charge < -0.3 is 8.85 Å². The zero-order valence-corrected chi connectivity index (χ0v) is 15.6. The Balaban J connectivity index is 3.73. The maximum Gasteiger partial charge on any atom is 0.292 e. The lowest BCUT2D eigenvalue weighted by Crippen LogP contribution is -2.29. The van der Waals surface area contributed by atoms with Gasteiger partial charge in [-0.1, -0.05) is 12.2 Å². The van der Waals surface area contributed by atoms with Gasteiger partial charge in [0.15, 0.2) is 0 Å². The van der Waals surface area contributed by atoms with E-state index in [-0.39, 0.29) is 11.9 Å². The van der Waals surface area contributed by atoms with Gasteiger partial charge in [0, 0.05) is 12.8 Å². The topological polar surface area (TPSA) is 52.6 Å². The van der Waals surface area contributed by atoms with Gasteiger partial charge in [0.1, 0.15) is 0 Å². The Kier molecular flexibility index (Phi) is 8.04. The zero-order chi connectivity index (χ0) is 15.8. The standard InChI is InChI=1S/C14H28O4Si2/c1-19(2,3)17-13(15)11-9-7-8-10-12-14(16)18-20(4,5)6/h7-8H,9-12H2,1-6H3/b8-7-. The summed E-state index contributed by atoms with van der Waals surface area (Å²) in [6, 6.07) is 0. The third-order valence-electron chi connectivity index (χ3n) is 2.04. The Labute approximate surface area is 124 Å². The highest BCUT2D eigenvalue weighted by atomic mass is 28.4. The van der Waals surface area contributed by atoms with Crippen LogP contribution in [0.2, 0.25) is 39.3 Å². The molecule has 0 fully saturated rings. The number of carbonyl (C=O) groups excluding carboxylic acids is 2. The Morgan fingerprint density at radius 3 is 1.30 bits per heavy atom. The fourth-order valence-electron chi connectivity index (χ4n) is 1.42. The molecule has 0 aromatic heterocycles. The van der Waals surface area contributed by atoms with E-state index >= 15 is 0 Å². The first kappa shape index (κ1) is 19.1. The fourth-order valence-corrected chi connectivity index (χ4v) is 2.99. The van der Waals surface area contributed by atoms with Crippen LogP contribution in [0.25, 0.3) is 0 Å². The average molecular weight is 317 g/mol. The van der Waals surface area contributed by atoms with E-state index in [1.165, 1.54) is 0 Å². The summed E-state index contributed by atoms with van der Waals surface area (Å²) < 4.78 is 10.7. The third kappa shape index (κ3) is 13.5. The van der Waals surface area contributed by atoms with Crippen molar-refractivity contribution in [2.75, 3.05) is 0 Å². The zero-order valence-electron chi connectivity index (χ0n) is 13.6. The first-order chi connectivity index (χ1) is 8.99. The second-order valence-corrected chi connectivity index (χ2v) is 15.6. The normalized spacial score (nSPS) is 12.5. The summed E-state index contributed by atoms with van der Waals surface area (Å²) in [5.74, 6) is -0.265. The minimum Gasteiger partial charge on any atom is -0.520 e. The van der Waals surface area contributed by atoms with E-state index in [0.717, 1.165) is 0 Å². The van der Waals surface area contributed by atoms with E-state index < -0.39 is 16.6 Å². The minimum absolute atomic E-state index is 0.132. The van der Waals surface area contributed by atoms with Crippen LogP contribution in [0.1, 0.15) is 25.7 Å². The molecular formula is C14H28O4Si2. The molecule has 0 atom stereocenters. The van der Waals surface area contributed by atoms with Gasteiger partial charge in [-0.2, -0.15) is 0 Å². The molecule has 0 aromatic rings. The molecule has 0 bridgehead atoms. The number of rotatable bonds is 8. The molecule has 0 spiro atoms. The lowest BCUT2D eigenvalue weighted by molar-refractivity contribution is -0.136. The molecular weight excluding hydrogens is 288 g/mol. The van der Waals surface area contributed by atoms with Crippen LogP contribution in [0.15, 0.2) is 12.2 Å². The molecule has 0 heterocycles. The maximum atomic E-state index is 11.5. The summed E-state index contributed by atoms with van der Waals surface area (Å²) in [6.07, 6.45) is 5.97. The molecule has 0 aliphatic heterocycles. The van der Waals surface area contributed by atoms with E-state index in [0.29, 0.717) is 25.7 Å². The van der Waals surface area contributed by atoms with E-state index in [1.54, 1.807) is 0 Å². The van der Waals surface area contributed by atoms with Crippen LogP contribution in [-0.4, -0.2) is 28.6 Å². The van der Waals surface area contributed by atoms with E-state index in [1.807, 2.05) is 51.4 Å². The largest absolute Gasteiger partial charge is 0.520 e. The van der Waals surface area contributed by atoms with Crippen molar-refractivity contribution in [2.45, 2.75) is 65.0 Å². The SMILES string of the molecule is C[Si](C)(C)OC(=O)CC/C=C\CCC(=O)O[Si](C)(C)C. The van der Waals surface area contributed by atoms with E-state index in [9.17, 15) is 9.59 Å². The summed E-state index contributed by atoms with van der Waals surface area (Å²) in [5, 5.41) is 0. The van der Waals surface area contributed by atoms with Crippen LogP contribution in [0.3, 0.4) is 0 Å². The number of allylic oxidation sites excluding steroid dienone is 2. The molecule has 4 nitrogen and oxygen atoms in total. The van der Waals surface area contributed by atoms with Gasteiger partial charge in [-0.3, -0.25) is 9.59 Å². The van der Waals surface area contributed by atoms with Crippen LogP contribution in [0.4, 0.5) is 0 Å². The molecule has 0 radical (unpaired) electrons. The van der Waals surface area contributed by atoms with Gasteiger partial charge in [0.2, 0.25) is 16.6 Å². The van der Waals surface area contributed by atoms with Gasteiger partial charge in [-0.05, 0) is 52.1 Å². The Hall–Kier alpha value is -0.886. The molecule has 0 rings (SSSR count). The van der Waals surface area contributed by atoms with Crippen molar-refractivity contribution < 1.29 is 18.4 Å². The van der Waals surface area contributed by atoms with Crippen LogP contribution >= 0.6 is 0 Å². The van der Waals surface area contributed by atoms with Crippen molar-refractivity contribution in [1.82, 2.24) is 0 Å². The van der Waals surface area contributed by atoms with E-state index in [4.69, 9.17) is 8.85 Å². The predicted octanol–water partition coefficient (Wildman–Crippen LogP) is 3.86. The summed E-state index contributed by atoms with van der Waals surface area (Å²) in [6.45, 7) is 11.9. The molecule has 0 amide bonds. The molecule has 0 unspecified atom stereocenters. The molecule has 0 aromatic carbocycles. The van der Waals surface area contributed by atoms with Crippen molar-refractivity contribution in [3.8, 4) is 0 Å². The molecule has 6 heteroatoms. The summed E-state index contributed by atoms with van der Waals surface area (Å²) in [4.78, 5) is 22.9. The van der Waals surface area contributed by atoms with Crippen LogP contribution in [0, 0.1) is 0 Å². The maximum absolute atomic E-state index is 11.5. The Morgan fingerprint density at radius 2 is 1.05 bits per heavy atom. The van der Waals surface area contributed by atoms with Gasteiger partial charge in [-0.15, -0.1) is 0 Å². The van der Waals surface area contributed by atoms with Gasteiger partial charge >= 0.3 is 0 Å². The molecule has 20 heavy (non-hydrogen) atoms.